The van der Waals surface area contributed by atoms with Crippen molar-refractivity contribution in [2.24, 2.45) is 0 Å². The summed E-state index contributed by atoms with van der Waals surface area (Å²) in [5, 5.41) is 2.86. The Morgan fingerprint density at radius 1 is 1.21 bits per heavy atom. The number of amides is 1. The maximum absolute atomic E-state index is 12.6. The summed E-state index contributed by atoms with van der Waals surface area (Å²) in [5.74, 6) is 0.541. The van der Waals surface area contributed by atoms with Crippen molar-refractivity contribution in [3.63, 3.8) is 0 Å². The number of nitrogens with one attached hydrogen (secondary N) is 1. The first-order valence-corrected chi connectivity index (χ1v) is 11.3. The third-order valence-electron chi connectivity index (χ3n) is 4.84. The van der Waals surface area contributed by atoms with E-state index >= 15 is 0 Å². The number of sulfonamides is 1. The molecule has 1 N–H and O–H groups in total. The van der Waals surface area contributed by atoms with Crippen LogP contribution >= 0.6 is 0 Å². The standard InChI is InChI=1S/C20H30N2O5S/c1-15(20(23)21-13-12-16-8-6-5-7-9-16)22(28(4,24)25)17-10-11-18(26-2)19(14-17)27-3/h8,10-11,14-15H,5-7,9,12-13H2,1-4H3,(H,21,23). The van der Waals surface area contributed by atoms with Crippen molar-refractivity contribution in [2.75, 3.05) is 31.3 Å². The monoisotopic (exact) mass is 410 g/mol. The molecule has 0 heterocycles. The lowest BCUT2D eigenvalue weighted by Crippen LogP contribution is -2.48. The van der Waals surface area contributed by atoms with Crippen LogP contribution in [0.3, 0.4) is 0 Å². The molecule has 0 aliphatic heterocycles. The van der Waals surface area contributed by atoms with Gasteiger partial charge < -0.3 is 14.8 Å². The van der Waals surface area contributed by atoms with Crippen LogP contribution in [0.1, 0.15) is 39.0 Å². The second-order valence-electron chi connectivity index (χ2n) is 6.92. The lowest BCUT2D eigenvalue weighted by Gasteiger charge is -2.28. The molecule has 1 aromatic carbocycles. The molecule has 0 saturated heterocycles. The molecule has 1 aromatic rings. The Kier molecular flexibility index (Phi) is 7.74. The van der Waals surface area contributed by atoms with Gasteiger partial charge >= 0.3 is 0 Å². The van der Waals surface area contributed by atoms with E-state index in [0.717, 1.165) is 29.8 Å². The summed E-state index contributed by atoms with van der Waals surface area (Å²) >= 11 is 0. The molecule has 1 atom stereocenters. The summed E-state index contributed by atoms with van der Waals surface area (Å²) in [6, 6.07) is 3.87. The third kappa shape index (κ3) is 5.64. The Balaban J connectivity index is 2.13. The lowest BCUT2D eigenvalue weighted by molar-refractivity contribution is -0.121. The van der Waals surface area contributed by atoms with Crippen LogP contribution in [-0.4, -0.2) is 47.4 Å². The zero-order valence-electron chi connectivity index (χ0n) is 17.0. The number of carbonyl (C=O) groups excluding carboxylic acids is 1. The quantitative estimate of drug-likeness (QED) is 0.633. The number of carbonyl (C=O) groups is 1. The number of methoxy groups -OCH3 is 2. The minimum atomic E-state index is -3.69. The molecule has 8 heteroatoms. The van der Waals surface area contributed by atoms with Crippen molar-refractivity contribution < 1.29 is 22.7 Å². The van der Waals surface area contributed by atoms with Gasteiger partial charge in [-0.2, -0.15) is 0 Å². The van der Waals surface area contributed by atoms with E-state index in [1.807, 2.05) is 0 Å². The van der Waals surface area contributed by atoms with Crippen LogP contribution in [0.4, 0.5) is 5.69 Å². The fourth-order valence-corrected chi connectivity index (χ4v) is 4.56. The highest BCUT2D eigenvalue weighted by Crippen LogP contribution is 2.33. The second kappa shape index (κ2) is 9.82. The van der Waals surface area contributed by atoms with E-state index in [9.17, 15) is 13.2 Å². The minimum absolute atomic E-state index is 0.336. The average molecular weight is 411 g/mol. The van der Waals surface area contributed by atoms with Gasteiger partial charge in [0.2, 0.25) is 15.9 Å². The number of benzene rings is 1. The van der Waals surface area contributed by atoms with Gasteiger partial charge in [-0.1, -0.05) is 11.6 Å². The molecule has 1 unspecified atom stereocenters. The first-order valence-electron chi connectivity index (χ1n) is 9.45. The first-order chi connectivity index (χ1) is 13.3. The van der Waals surface area contributed by atoms with Crippen molar-refractivity contribution >= 4 is 21.6 Å². The van der Waals surface area contributed by atoms with E-state index in [4.69, 9.17) is 9.47 Å². The Hall–Kier alpha value is -2.22. The maximum Gasteiger partial charge on any atom is 0.243 e. The van der Waals surface area contributed by atoms with E-state index in [2.05, 4.69) is 11.4 Å². The van der Waals surface area contributed by atoms with Gasteiger partial charge in [-0.15, -0.1) is 0 Å². The number of nitrogens with zero attached hydrogens (tertiary/aromatic N) is 1. The van der Waals surface area contributed by atoms with E-state index < -0.39 is 16.1 Å². The molecule has 1 amide bonds. The Labute approximate surface area is 167 Å². The van der Waals surface area contributed by atoms with E-state index in [1.54, 1.807) is 25.1 Å². The largest absolute Gasteiger partial charge is 0.493 e. The maximum atomic E-state index is 12.6. The van der Waals surface area contributed by atoms with Gasteiger partial charge in [-0.25, -0.2) is 8.42 Å². The number of hydrogen-bond donors (Lipinski definition) is 1. The molecular weight excluding hydrogens is 380 g/mol. The highest BCUT2D eigenvalue weighted by molar-refractivity contribution is 7.92. The van der Waals surface area contributed by atoms with Crippen molar-refractivity contribution in [1.29, 1.82) is 0 Å². The number of rotatable bonds is 9. The molecule has 0 radical (unpaired) electrons. The molecule has 0 spiro atoms. The predicted octanol–water partition coefficient (Wildman–Crippen LogP) is 2.87. The molecule has 1 aliphatic carbocycles. The Bertz CT molecular complexity index is 820. The van der Waals surface area contributed by atoms with Gasteiger partial charge in [-0.05, 0) is 51.2 Å². The van der Waals surface area contributed by atoms with Gasteiger partial charge in [0.05, 0.1) is 26.2 Å². The number of ether oxygens (including phenoxy) is 2. The first kappa shape index (κ1) is 22.1. The summed E-state index contributed by atoms with van der Waals surface area (Å²) in [4.78, 5) is 12.6. The number of anilines is 1. The molecule has 0 fully saturated rings. The van der Waals surface area contributed by atoms with Crippen molar-refractivity contribution in [1.82, 2.24) is 5.32 Å². The lowest BCUT2D eigenvalue weighted by atomic mass is 9.97. The smallest absolute Gasteiger partial charge is 0.243 e. The predicted molar refractivity (Wildman–Crippen MR) is 111 cm³/mol. The molecule has 0 aromatic heterocycles. The Morgan fingerprint density at radius 2 is 1.93 bits per heavy atom. The SMILES string of the molecule is COc1ccc(N(C(C)C(=O)NCCC2=CCCCC2)S(C)(=O)=O)cc1OC. The topological polar surface area (TPSA) is 84.9 Å². The minimum Gasteiger partial charge on any atom is -0.493 e. The van der Waals surface area contributed by atoms with Crippen molar-refractivity contribution in [2.45, 2.75) is 45.1 Å². The van der Waals surface area contributed by atoms with Gasteiger partial charge in [0.15, 0.2) is 11.5 Å². The van der Waals surface area contributed by atoms with Gasteiger partial charge in [0.1, 0.15) is 6.04 Å². The molecule has 1 aliphatic rings. The normalized spacial score (nSPS) is 15.4. The fraction of sp³-hybridized carbons (Fsp3) is 0.550. The fourth-order valence-electron chi connectivity index (χ4n) is 3.40. The molecular formula is C20H30N2O5S. The summed E-state index contributed by atoms with van der Waals surface area (Å²) in [6.07, 6.45) is 8.71. The highest BCUT2D eigenvalue weighted by Gasteiger charge is 2.29. The zero-order valence-corrected chi connectivity index (χ0v) is 17.8. The number of hydrogen-bond acceptors (Lipinski definition) is 5. The van der Waals surface area contributed by atoms with Gasteiger partial charge in [-0.3, -0.25) is 9.10 Å². The Morgan fingerprint density at radius 3 is 2.50 bits per heavy atom. The zero-order chi connectivity index (χ0) is 20.7. The van der Waals surface area contributed by atoms with E-state index in [0.29, 0.717) is 23.7 Å². The van der Waals surface area contributed by atoms with Crippen molar-refractivity contribution in [3.8, 4) is 11.5 Å². The molecule has 7 nitrogen and oxygen atoms in total. The molecule has 0 bridgehead atoms. The highest BCUT2D eigenvalue weighted by atomic mass is 32.2. The average Bonchev–Trinajstić information content (AvgIpc) is 2.67. The molecule has 2 rings (SSSR count). The molecule has 0 saturated carbocycles. The summed E-state index contributed by atoms with van der Waals surface area (Å²) < 4.78 is 36.4. The van der Waals surface area contributed by atoms with Crippen LogP contribution in [-0.2, 0) is 14.8 Å². The number of allylic oxidation sites excluding steroid dienone is 1. The summed E-state index contributed by atoms with van der Waals surface area (Å²) in [7, 11) is -0.709. The van der Waals surface area contributed by atoms with Crippen LogP contribution in [0, 0.1) is 0 Å². The van der Waals surface area contributed by atoms with Crippen LogP contribution < -0.4 is 19.1 Å². The molecule has 156 valence electrons. The van der Waals surface area contributed by atoms with Gasteiger partial charge in [0, 0.05) is 12.6 Å². The third-order valence-corrected chi connectivity index (χ3v) is 6.08. The summed E-state index contributed by atoms with van der Waals surface area (Å²) in [6.45, 7) is 2.07. The van der Waals surface area contributed by atoms with Gasteiger partial charge in [0.25, 0.3) is 0 Å². The van der Waals surface area contributed by atoms with Crippen LogP contribution in [0.5, 0.6) is 11.5 Å². The van der Waals surface area contributed by atoms with Crippen LogP contribution in [0.25, 0.3) is 0 Å². The van der Waals surface area contributed by atoms with E-state index in [-0.39, 0.29) is 5.91 Å². The second-order valence-corrected chi connectivity index (χ2v) is 8.78. The summed E-state index contributed by atoms with van der Waals surface area (Å²) in [5.41, 5.74) is 1.71. The van der Waals surface area contributed by atoms with E-state index in [1.165, 1.54) is 32.6 Å². The van der Waals surface area contributed by atoms with Crippen molar-refractivity contribution in [3.05, 3.63) is 29.8 Å². The van der Waals surface area contributed by atoms with Crippen LogP contribution in [0.2, 0.25) is 0 Å². The molecule has 28 heavy (non-hydrogen) atoms. The van der Waals surface area contributed by atoms with Crippen LogP contribution in [0.15, 0.2) is 29.8 Å².